The summed E-state index contributed by atoms with van der Waals surface area (Å²) in [5, 5.41) is 10.9. The maximum Gasteiger partial charge on any atom is 0.416 e. The van der Waals surface area contributed by atoms with Crippen LogP contribution in [0.4, 0.5) is 26.3 Å². The summed E-state index contributed by atoms with van der Waals surface area (Å²) in [6, 6.07) is 21.1. The van der Waals surface area contributed by atoms with E-state index in [9.17, 15) is 31.4 Å². The molecule has 34 heavy (non-hydrogen) atoms. The van der Waals surface area contributed by atoms with E-state index in [1.807, 2.05) is 6.07 Å². The molecular formula is C26H16F6O2. The van der Waals surface area contributed by atoms with Gasteiger partial charge in [-0.3, -0.25) is 0 Å². The Hall–Kier alpha value is -3.94. The molecule has 4 aromatic rings. The van der Waals surface area contributed by atoms with Gasteiger partial charge in [-0.05, 0) is 29.8 Å². The van der Waals surface area contributed by atoms with Gasteiger partial charge in [-0.2, -0.15) is 26.3 Å². The standard InChI is InChI=1S/C26H16F6O2/c27-25(28,29)17-13-18(26(30,31)32)15-19(14-17)34-23-12-5-4-9-21(23)22-11-6-10-20(24(22)33)16-7-2-1-3-8-16/h1-15,33H. The number of hydrogen-bond donors (Lipinski definition) is 1. The second kappa shape index (κ2) is 8.78. The lowest BCUT2D eigenvalue weighted by Crippen LogP contribution is -2.11. The number of rotatable bonds is 4. The molecule has 0 amide bonds. The SMILES string of the molecule is Oc1c(-c2ccccc2)cccc1-c1ccccc1Oc1cc(C(F)(F)F)cc(C(F)(F)F)c1. The van der Waals surface area contributed by atoms with Crippen molar-refractivity contribution in [2.45, 2.75) is 12.4 Å². The van der Waals surface area contributed by atoms with Gasteiger partial charge in [-0.15, -0.1) is 0 Å². The van der Waals surface area contributed by atoms with Crippen molar-refractivity contribution in [1.29, 1.82) is 0 Å². The van der Waals surface area contributed by atoms with Crippen LogP contribution in [0.1, 0.15) is 11.1 Å². The molecule has 0 atom stereocenters. The fourth-order valence-electron chi connectivity index (χ4n) is 3.50. The maximum absolute atomic E-state index is 13.2. The first-order valence-corrected chi connectivity index (χ1v) is 9.98. The fraction of sp³-hybridized carbons (Fsp3) is 0.0769. The number of hydrogen-bond acceptors (Lipinski definition) is 2. The molecule has 8 heteroatoms. The minimum Gasteiger partial charge on any atom is -0.507 e. The number of aromatic hydroxyl groups is 1. The predicted molar refractivity (Wildman–Crippen MR) is 115 cm³/mol. The van der Waals surface area contributed by atoms with E-state index in [1.54, 1.807) is 54.6 Å². The van der Waals surface area contributed by atoms with Gasteiger partial charge in [0.1, 0.15) is 17.2 Å². The number of benzene rings is 4. The number of halogens is 6. The van der Waals surface area contributed by atoms with Gasteiger partial charge >= 0.3 is 12.4 Å². The molecule has 0 aromatic heterocycles. The molecule has 0 saturated carbocycles. The van der Waals surface area contributed by atoms with E-state index in [0.717, 1.165) is 5.56 Å². The number of phenols is 1. The summed E-state index contributed by atoms with van der Waals surface area (Å²) in [7, 11) is 0. The number of alkyl halides is 6. The van der Waals surface area contributed by atoms with Gasteiger partial charge in [0.25, 0.3) is 0 Å². The minimum absolute atomic E-state index is 0.0181. The predicted octanol–water partition coefficient (Wildman–Crippen LogP) is 8.56. The Labute approximate surface area is 190 Å². The van der Waals surface area contributed by atoms with Crippen LogP contribution >= 0.6 is 0 Å². The van der Waals surface area contributed by atoms with E-state index < -0.39 is 29.2 Å². The van der Waals surface area contributed by atoms with E-state index in [2.05, 4.69) is 0 Å². The molecule has 0 saturated heterocycles. The van der Waals surface area contributed by atoms with E-state index >= 15 is 0 Å². The summed E-state index contributed by atoms with van der Waals surface area (Å²) in [6.07, 6.45) is -10.00. The number of ether oxygens (including phenoxy) is 1. The van der Waals surface area contributed by atoms with Crippen molar-refractivity contribution in [3.63, 3.8) is 0 Å². The second-order valence-electron chi connectivity index (χ2n) is 7.41. The molecule has 0 heterocycles. The van der Waals surface area contributed by atoms with Crippen molar-refractivity contribution < 1.29 is 36.2 Å². The Balaban J connectivity index is 1.80. The van der Waals surface area contributed by atoms with Gasteiger partial charge < -0.3 is 9.84 Å². The van der Waals surface area contributed by atoms with Crippen LogP contribution in [0.25, 0.3) is 22.3 Å². The van der Waals surface area contributed by atoms with Crippen molar-refractivity contribution >= 4 is 0 Å². The van der Waals surface area contributed by atoms with Gasteiger partial charge in [0.15, 0.2) is 0 Å². The van der Waals surface area contributed by atoms with Crippen LogP contribution in [-0.2, 0) is 12.4 Å². The van der Waals surface area contributed by atoms with Gasteiger partial charge in [-0.25, -0.2) is 0 Å². The Bertz CT molecular complexity index is 1280. The molecular weight excluding hydrogens is 458 g/mol. The summed E-state index contributed by atoms with van der Waals surface area (Å²) < 4.78 is 84.9. The highest BCUT2D eigenvalue weighted by atomic mass is 19.4. The first-order valence-electron chi connectivity index (χ1n) is 9.98. The van der Waals surface area contributed by atoms with Crippen LogP contribution in [0.2, 0.25) is 0 Å². The molecule has 0 unspecified atom stereocenters. The van der Waals surface area contributed by atoms with Crippen LogP contribution in [0, 0.1) is 0 Å². The zero-order valence-corrected chi connectivity index (χ0v) is 17.3. The van der Waals surface area contributed by atoms with E-state index in [4.69, 9.17) is 4.74 Å². The molecule has 0 bridgehead atoms. The topological polar surface area (TPSA) is 29.5 Å². The third kappa shape index (κ3) is 4.85. The Morgan fingerprint density at radius 2 is 1.09 bits per heavy atom. The second-order valence-corrected chi connectivity index (χ2v) is 7.41. The van der Waals surface area contributed by atoms with Crippen LogP contribution in [0.15, 0.2) is 91.0 Å². The maximum atomic E-state index is 13.2. The molecule has 0 aliphatic rings. The summed E-state index contributed by atoms with van der Waals surface area (Å²) in [4.78, 5) is 0. The van der Waals surface area contributed by atoms with Crippen LogP contribution < -0.4 is 4.74 Å². The molecule has 4 aromatic carbocycles. The van der Waals surface area contributed by atoms with Crippen molar-refractivity contribution in [3.8, 4) is 39.5 Å². The van der Waals surface area contributed by atoms with Gasteiger partial charge in [0.05, 0.1) is 11.1 Å². The third-order valence-electron chi connectivity index (χ3n) is 5.09. The summed E-state index contributed by atoms with van der Waals surface area (Å²) in [5.74, 6) is -0.756. The monoisotopic (exact) mass is 474 g/mol. The quantitative estimate of drug-likeness (QED) is 0.300. The lowest BCUT2D eigenvalue weighted by Gasteiger charge is -2.17. The lowest BCUT2D eigenvalue weighted by molar-refractivity contribution is -0.143. The lowest BCUT2D eigenvalue weighted by atomic mass is 9.97. The average molecular weight is 474 g/mol. The van der Waals surface area contributed by atoms with Crippen molar-refractivity contribution in [1.82, 2.24) is 0 Å². The van der Waals surface area contributed by atoms with Crippen molar-refractivity contribution in [2.75, 3.05) is 0 Å². The van der Waals surface area contributed by atoms with E-state index in [-0.39, 0.29) is 17.6 Å². The zero-order valence-electron chi connectivity index (χ0n) is 17.3. The molecule has 2 nitrogen and oxygen atoms in total. The molecule has 174 valence electrons. The van der Waals surface area contributed by atoms with Crippen molar-refractivity contribution in [2.24, 2.45) is 0 Å². The number of para-hydroxylation sites is 2. The average Bonchev–Trinajstić information content (AvgIpc) is 2.79. The summed E-state index contributed by atoms with van der Waals surface area (Å²) in [6.45, 7) is 0. The third-order valence-corrected chi connectivity index (χ3v) is 5.09. The fourth-order valence-corrected chi connectivity index (χ4v) is 3.50. The highest BCUT2D eigenvalue weighted by Gasteiger charge is 2.37. The number of phenolic OH excluding ortho intramolecular Hbond substituents is 1. The summed E-state index contributed by atoms with van der Waals surface area (Å²) in [5.41, 5.74) is -1.13. The Kier molecular flexibility index (Phi) is 6.00. The van der Waals surface area contributed by atoms with Gasteiger partial charge in [0, 0.05) is 16.7 Å². The van der Waals surface area contributed by atoms with E-state index in [0.29, 0.717) is 28.8 Å². The minimum atomic E-state index is -5.00. The normalized spacial score (nSPS) is 11.9. The van der Waals surface area contributed by atoms with Crippen LogP contribution in [0.5, 0.6) is 17.2 Å². The molecule has 0 fully saturated rings. The first kappa shape index (κ1) is 23.2. The van der Waals surface area contributed by atoms with E-state index in [1.165, 1.54) is 12.1 Å². The highest BCUT2D eigenvalue weighted by molar-refractivity contribution is 5.84. The van der Waals surface area contributed by atoms with Crippen molar-refractivity contribution in [3.05, 3.63) is 102 Å². The van der Waals surface area contributed by atoms with Gasteiger partial charge in [-0.1, -0.05) is 66.7 Å². The molecule has 0 aliphatic heterocycles. The van der Waals surface area contributed by atoms with Crippen LogP contribution in [0.3, 0.4) is 0 Å². The molecule has 0 spiro atoms. The smallest absolute Gasteiger partial charge is 0.416 e. The molecule has 1 N–H and O–H groups in total. The largest absolute Gasteiger partial charge is 0.507 e. The molecule has 4 rings (SSSR count). The van der Waals surface area contributed by atoms with Crippen LogP contribution in [-0.4, -0.2) is 5.11 Å². The Morgan fingerprint density at radius 3 is 1.71 bits per heavy atom. The van der Waals surface area contributed by atoms with Gasteiger partial charge in [0.2, 0.25) is 0 Å². The summed E-state index contributed by atoms with van der Waals surface area (Å²) >= 11 is 0. The zero-order chi connectivity index (χ0) is 24.5. The first-order chi connectivity index (χ1) is 16.0. The Morgan fingerprint density at radius 1 is 0.559 bits per heavy atom. The molecule has 0 radical (unpaired) electrons. The molecule has 0 aliphatic carbocycles. The highest BCUT2D eigenvalue weighted by Crippen LogP contribution is 2.44.